The Morgan fingerprint density at radius 2 is 2.12 bits per heavy atom. The van der Waals surface area contributed by atoms with Gasteiger partial charge in [-0.15, -0.1) is 24.0 Å². The van der Waals surface area contributed by atoms with Crippen LogP contribution in [0.5, 0.6) is 5.75 Å². The number of hydrogen-bond donors (Lipinski definition) is 2. The number of nitrogens with two attached hydrogens (primary N) is 1. The molecule has 1 aromatic carbocycles. The van der Waals surface area contributed by atoms with Gasteiger partial charge in [0.1, 0.15) is 5.75 Å². The molecule has 0 aliphatic carbocycles. The Morgan fingerprint density at radius 1 is 1.42 bits per heavy atom. The lowest BCUT2D eigenvalue weighted by atomic mass is 10.0. The van der Waals surface area contributed by atoms with Gasteiger partial charge in [0, 0.05) is 37.5 Å². The Hall–Kier alpha value is -1.07. The molecule has 9 heteroatoms. The smallest absolute Gasteiger partial charge is 0.211 e. The Kier molecular flexibility index (Phi) is 6.32. The summed E-state index contributed by atoms with van der Waals surface area (Å²) >= 11 is 0. The summed E-state index contributed by atoms with van der Waals surface area (Å²) in [7, 11) is -3.07. The van der Waals surface area contributed by atoms with Crippen molar-refractivity contribution in [3.8, 4) is 5.75 Å². The average Bonchev–Trinajstić information content (AvgIpc) is 2.44. The second-order valence-electron chi connectivity index (χ2n) is 6.04. The molecule has 0 saturated carbocycles. The van der Waals surface area contributed by atoms with E-state index in [4.69, 9.17) is 10.5 Å². The third kappa shape index (κ3) is 4.51. The van der Waals surface area contributed by atoms with Gasteiger partial charge in [0.15, 0.2) is 5.96 Å². The number of para-hydroxylation sites is 1. The largest absolute Gasteiger partial charge is 0.493 e. The molecule has 134 valence electrons. The van der Waals surface area contributed by atoms with Gasteiger partial charge in [-0.05, 0) is 6.07 Å². The first-order chi connectivity index (χ1) is 10.9. The summed E-state index contributed by atoms with van der Waals surface area (Å²) in [5.74, 6) is 1.52. The van der Waals surface area contributed by atoms with E-state index in [2.05, 4.69) is 10.3 Å². The summed E-state index contributed by atoms with van der Waals surface area (Å²) in [5.41, 5.74) is 7.06. The van der Waals surface area contributed by atoms with Crippen LogP contribution in [-0.2, 0) is 10.0 Å². The highest BCUT2D eigenvalue weighted by atomic mass is 127. The fraction of sp³-hybridized carbons (Fsp3) is 0.533. The van der Waals surface area contributed by atoms with Crippen LogP contribution >= 0.6 is 24.0 Å². The maximum Gasteiger partial charge on any atom is 0.211 e. The minimum absolute atomic E-state index is 0. The highest BCUT2D eigenvalue weighted by Crippen LogP contribution is 2.31. The third-order valence-electron chi connectivity index (χ3n) is 4.19. The van der Waals surface area contributed by atoms with Gasteiger partial charge in [0.05, 0.1) is 18.9 Å². The van der Waals surface area contributed by atoms with Gasteiger partial charge in [0.2, 0.25) is 10.0 Å². The number of guanidine groups is 1. The molecule has 2 aliphatic heterocycles. The topological polar surface area (TPSA) is 97.0 Å². The van der Waals surface area contributed by atoms with Gasteiger partial charge in [0.25, 0.3) is 0 Å². The molecule has 0 amide bonds. The minimum atomic E-state index is -3.07. The summed E-state index contributed by atoms with van der Waals surface area (Å²) in [5, 5.41) is 3.24. The van der Waals surface area contributed by atoms with E-state index in [9.17, 15) is 8.42 Å². The van der Waals surface area contributed by atoms with E-state index in [-0.39, 0.29) is 35.9 Å². The molecule has 0 aromatic heterocycles. The molecule has 1 aromatic rings. The van der Waals surface area contributed by atoms with E-state index in [0.29, 0.717) is 32.2 Å². The molecule has 7 nitrogen and oxygen atoms in total. The number of benzene rings is 1. The number of fused-ring (bicyclic) bond motifs is 1. The standard InChI is InChI=1S/C15H22N4O3S.HI/c1-23(20,21)19-9-11(10-19)8-17-15(16)18-13-6-7-22-14-5-3-2-4-12(13)14;/h2-5,11,13H,6-10H2,1H3,(H3,16,17,18);1H. The Balaban J connectivity index is 0.00000208. The molecule has 1 fully saturated rings. The SMILES string of the molecule is CS(=O)(=O)N1CC(CN=C(N)NC2CCOc3ccccc32)C1.I. The zero-order valence-corrected chi connectivity index (χ0v) is 16.7. The van der Waals surface area contributed by atoms with E-state index in [1.54, 1.807) is 0 Å². The van der Waals surface area contributed by atoms with Crippen molar-refractivity contribution >= 4 is 40.0 Å². The highest BCUT2D eigenvalue weighted by Gasteiger charge is 2.32. The predicted molar refractivity (Wildman–Crippen MR) is 104 cm³/mol. The van der Waals surface area contributed by atoms with Crippen LogP contribution in [0.4, 0.5) is 0 Å². The molecule has 0 radical (unpaired) electrons. The normalized spacial score (nSPS) is 21.9. The van der Waals surface area contributed by atoms with Crippen molar-refractivity contribution in [2.24, 2.45) is 16.6 Å². The van der Waals surface area contributed by atoms with Crippen LogP contribution in [0.2, 0.25) is 0 Å². The Bertz CT molecular complexity index is 704. The quantitative estimate of drug-likeness (QED) is 0.391. The van der Waals surface area contributed by atoms with Crippen molar-refractivity contribution in [2.75, 3.05) is 32.5 Å². The molecule has 3 rings (SSSR count). The number of sulfonamides is 1. The minimum Gasteiger partial charge on any atom is -0.493 e. The summed E-state index contributed by atoms with van der Waals surface area (Å²) in [6.45, 7) is 2.23. The first kappa shape index (κ1) is 19.3. The molecular weight excluding hydrogens is 443 g/mol. The van der Waals surface area contributed by atoms with Crippen molar-refractivity contribution in [3.63, 3.8) is 0 Å². The Morgan fingerprint density at radius 3 is 2.83 bits per heavy atom. The van der Waals surface area contributed by atoms with E-state index in [1.807, 2.05) is 24.3 Å². The van der Waals surface area contributed by atoms with Crippen LogP contribution in [0.3, 0.4) is 0 Å². The number of aliphatic imine (C=N–C) groups is 1. The molecule has 2 heterocycles. The van der Waals surface area contributed by atoms with Gasteiger partial charge in [-0.2, -0.15) is 0 Å². The van der Waals surface area contributed by atoms with E-state index >= 15 is 0 Å². The molecule has 1 unspecified atom stereocenters. The maximum absolute atomic E-state index is 11.3. The van der Waals surface area contributed by atoms with Crippen LogP contribution < -0.4 is 15.8 Å². The monoisotopic (exact) mass is 466 g/mol. The van der Waals surface area contributed by atoms with Crippen LogP contribution in [-0.4, -0.2) is 51.2 Å². The van der Waals surface area contributed by atoms with Gasteiger partial charge in [-0.3, -0.25) is 4.99 Å². The Labute approximate surface area is 159 Å². The fourth-order valence-corrected chi connectivity index (χ4v) is 3.82. The zero-order chi connectivity index (χ0) is 16.4. The van der Waals surface area contributed by atoms with Crippen molar-refractivity contribution in [2.45, 2.75) is 12.5 Å². The number of hydrogen-bond acceptors (Lipinski definition) is 4. The first-order valence-electron chi connectivity index (χ1n) is 7.67. The van der Waals surface area contributed by atoms with Gasteiger partial charge in [-0.1, -0.05) is 18.2 Å². The summed E-state index contributed by atoms with van der Waals surface area (Å²) < 4.78 is 29.7. The van der Waals surface area contributed by atoms with Gasteiger partial charge >= 0.3 is 0 Å². The lowest BCUT2D eigenvalue weighted by molar-refractivity contribution is 0.209. The number of halogens is 1. The third-order valence-corrected chi connectivity index (χ3v) is 5.43. The molecule has 2 aliphatic rings. The number of ether oxygens (including phenoxy) is 1. The fourth-order valence-electron chi connectivity index (χ4n) is 2.85. The second kappa shape index (κ2) is 7.87. The molecule has 0 bridgehead atoms. The molecular formula is C15H23IN4O3S. The zero-order valence-electron chi connectivity index (χ0n) is 13.5. The number of nitrogens with one attached hydrogen (secondary N) is 1. The van der Waals surface area contributed by atoms with E-state index in [1.165, 1.54) is 10.6 Å². The molecule has 0 spiro atoms. The second-order valence-corrected chi connectivity index (χ2v) is 8.03. The van der Waals surface area contributed by atoms with E-state index in [0.717, 1.165) is 17.7 Å². The summed E-state index contributed by atoms with van der Waals surface area (Å²) in [6, 6.07) is 7.99. The van der Waals surface area contributed by atoms with Crippen molar-refractivity contribution in [1.29, 1.82) is 0 Å². The number of nitrogens with zero attached hydrogens (tertiary/aromatic N) is 2. The van der Waals surface area contributed by atoms with Crippen LogP contribution in [0.1, 0.15) is 18.0 Å². The lowest BCUT2D eigenvalue weighted by Gasteiger charge is -2.36. The summed E-state index contributed by atoms with van der Waals surface area (Å²) in [6.07, 6.45) is 2.06. The molecule has 1 saturated heterocycles. The van der Waals surface area contributed by atoms with Crippen molar-refractivity contribution < 1.29 is 13.2 Å². The predicted octanol–water partition coefficient (Wildman–Crippen LogP) is 0.924. The van der Waals surface area contributed by atoms with Crippen molar-refractivity contribution in [3.05, 3.63) is 29.8 Å². The van der Waals surface area contributed by atoms with Crippen LogP contribution in [0.15, 0.2) is 29.3 Å². The van der Waals surface area contributed by atoms with Crippen molar-refractivity contribution in [1.82, 2.24) is 9.62 Å². The van der Waals surface area contributed by atoms with Gasteiger partial charge in [-0.25, -0.2) is 12.7 Å². The first-order valence-corrected chi connectivity index (χ1v) is 9.51. The maximum atomic E-state index is 11.3. The molecule has 24 heavy (non-hydrogen) atoms. The number of rotatable bonds is 4. The average molecular weight is 466 g/mol. The van der Waals surface area contributed by atoms with Gasteiger partial charge < -0.3 is 15.8 Å². The summed E-state index contributed by atoms with van der Waals surface area (Å²) in [4.78, 5) is 4.35. The van der Waals surface area contributed by atoms with Crippen LogP contribution in [0.25, 0.3) is 0 Å². The van der Waals surface area contributed by atoms with E-state index < -0.39 is 10.0 Å². The molecule has 3 N–H and O–H groups in total. The highest BCUT2D eigenvalue weighted by molar-refractivity contribution is 14.0. The molecule has 1 atom stereocenters. The lowest BCUT2D eigenvalue weighted by Crippen LogP contribution is -2.50. The van der Waals surface area contributed by atoms with Crippen LogP contribution in [0, 0.1) is 5.92 Å².